The Morgan fingerprint density at radius 3 is 3.00 bits per heavy atom. The van der Waals surface area contributed by atoms with Crippen molar-refractivity contribution in [2.75, 3.05) is 13.7 Å². The topological polar surface area (TPSA) is 21.3 Å². The number of hydrogen-bond acceptors (Lipinski definition) is 3. The number of fused-ring (bicyclic) bond motifs is 1. The van der Waals surface area contributed by atoms with E-state index in [-0.39, 0.29) is 11.1 Å². The van der Waals surface area contributed by atoms with Crippen molar-refractivity contribution < 1.29 is 4.74 Å². The van der Waals surface area contributed by atoms with Crippen LogP contribution in [0.4, 0.5) is 0 Å². The molecular weight excluding hydrogens is 218 g/mol. The third kappa shape index (κ3) is 2.17. The van der Waals surface area contributed by atoms with Crippen LogP contribution in [0, 0.1) is 0 Å². The van der Waals surface area contributed by atoms with E-state index in [1.807, 2.05) is 11.3 Å². The Morgan fingerprint density at radius 2 is 2.31 bits per heavy atom. The van der Waals surface area contributed by atoms with Crippen LogP contribution in [0.25, 0.3) is 0 Å². The Balaban J connectivity index is 2.27. The molecule has 0 bridgehead atoms. The van der Waals surface area contributed by atoms with Gasteiger partial charge >= 0.3 is 0 Å². The standard InChI is InChI=1S/C13H21NOS/c1-12(2,15-4)9-13(3)10-6-8-16-11(10)5-7-14-13/h6,8,14H,5,7,9H2,1-4H3. The molecule has 3 heteroatoms. The lowest BCUT2D eigenvalue weighted by Crippen LogP contribution is -2.48. The van der Waals surface area contributed by atoms with E-state index in [4.69, 9.17) is 4.74 Å². The van der Waals surface area contributed by atoms with E-state index in [0.717, 1.165) is 19.4 Å². The number of methoxy groups -OCH3 is 1. The number of ether oxygens (including phenoxy) is 1. The van der Waals surface area contributed by atoms with E-state index in [2.05, 4.69) is 37.5 Å². The molecule has 90 valence electrons. The first-order valence-corrected chi connectivity index (χ1v) is 6.72. The zero-order chi connectivity index (χ0) is 11.8. The van der Waals surface area contributed by atoms with Gasteiger partial charge in [-0.3, -0.25) is 0 Å². The summed E-state index contributed by atoms with van der Waals surface area (Å²) >= 11 is 1.88. The fraction of sp³-hybridized carbons (Fsp3) is 0.692. The average molecular weight is 239 g/mol. The smallest absolute Gasteiger partial charge is 0.0643 e. The van der Waals surface area contributed by atoms with Crippen LogP contribution in [-0.4, -0.2) is 19.3 Å². The van der Waals surface area contributed by atoms with Gasteiger partial charge < -0.3 is 10.1 Å². The summed E-state index contributed by atoms with van der Waals surface area (Å²) in [4.78, 5) is 1.54. The molecule has 0 aromatic carbocycles. The normalized spacial score (nSPS) is 25.5. The molecule has 1 N–H and O–H groups in total. The van der Waals surface area contributed by atoms with Gasteiger partial charge in [-0.25, -0.2) is 0 Å². The summed E-state index contributed by atoms with van der Waals surface area (Å²) < 4.78 is 5.56. The van der Waals surface area contributed by atoms with Crippen LogP contribution < -0.4 is 5.32 Å². The highest BCUT2D eigenvalue weighted by atomic mass is 32.1. The van der Waals surface area contributed by atoms with E-state index in [1.165, 1.54) is 10.4 Å². The monoisotopic (exact) mass is 239 g/mol. The highest BCUT2D eigenvalue weighted by Crippen LogP contribution is 2.38. The highest BCUT2D eigenvalue weighted by Gasteiger charge is 2.37. The maximum Gasteiger partial charge on any atom is 0.0643 e. The lowest BCUT2D eigenvalue weighted by molar-refractivity contribution is -0.00806. The second-order valence-corrected chi connectivity index (χ2v) is 6.41. The van der Waals surface area contributed by atoms with Gasteiger partial charge in [-0.2, -0.15) is 0 Å². The molecule has 1 aliphatic heterocycles. The highest BCUT2D eigenvalue weighted by molar-refractivity contribution is 7.10. The SMILES string of the molecule is COC(C)(C)CC1(C)NCCc2sccc21. The van der Waals surface area contributed by atoms with Crippen molar-refractivity contribution in [1.82, 2.24) is 5.32 Å². The first kappa shape index (κ1) is 12.1. The van der Waals surface area contributed by atoms with Crippen LogP contribution in [-0.2, 0) is 16.7 Å². The zero-order valence-corrected chi connectivity index (χ0v) is 11.4. The predicted octanol–water partition coefficient (Wildman–Crippen LogP) is 2.92. The first-order chi connectivity index (χ1) is 7.47. The minimum absolute atomic E-state index is 0.0626. The van der Waals surface area contributed by atoms with Gasteiger partial charge in [0.1, 0.15) is 0 Å². The minimum Gasteiger partial charge on any atom is -0.379 e. The van der Waals surface area contributed by atoms with Crippen LogP contribution in [0.2, 0.25) is 0 Å². The van der Waals surface area contributed by atoms with Gasteiger partial charge in [0.25, 0.3) is 0 Å². The third-order valence-corrected chi connectivity index (χ3v) is 4.52. The van der Waals surface area contributed by atoms with Gasteiger partial charge in [-0.05, 0) is 50.6 Å². The molecule has 0 saturated heterocycles. The summed E-state index contributed by atoms with van der Waals surface area (Å²) in [5.41, 5.74) is 1.44. The number of hydrogen-bond donors (Lipinski definition) is 1. The molecule has 0 amide bonds. The van der Waals surface area contributed by atoms with E-state index >= 15 is 0 Å². The summed E-state index contributed by atoms with van der Waals surface area (Å²) in [6, 6.07) is 2.26. The van der Waals surface area contributed by atoms with Gasteiger partial charge in [0.15, 0.2) is 0 Å². The molecule has 2 heterocycles. The first-order valence-electron chi connectivity index (χ1n) is 5.84. The molecular formula is C13H21NOS. The Hall–Kier alpha value is -0.380. The van der Waals surface area contributed by atoms with Gasteiger partial charge in [0.05, 0.1) is 5.60 Å². The maximum atomic E-state index is 5.56. The molecule has 1 aromatic rings. The van der Waals surface area contributed by atoms with E-state index < -0.39 is 0 Å². The Kier molecular flexibility index (Phi) is 3.12. The zero-order valence-electron chi connectivity index (χ0n) is 10.6. The molecule has 0 aliphatic carbocycles. The molecule has 2 nitrogen and oxygen atoms in total. The number of thiophene rings is 1. The van der Waals surface area contributed by atoms with Crippen molar-refractivity contribution in [2.45, 2.75) is 44.8 Å². The summed E-state index contributed by atoms with van der Waals surface area (Å²) in [5, 5.41) is 5.86. The average Bonchev–Trinajstić information content (AvgIpc) is 2.66. The second-order valence-electron chi connectivity index (χ2n) is 5.41. The van der Waals surface area contributed by atoms with Crippen LogP contribution >= 0.6 is 11.3 Å². The Bertz CT molecular complexity index is 372. The summed E-state index contributed by atoms with van der Waals surface area (Å²) in [5.74, 6) is 0. The van der Waals surface area contributed by atoms with Crippen LogP contribution in [0.15, 0.2) is 11.4 Å². The largest absolute Gasteiger partial charge is 0.379 e. The molecule has 16 heavy (non-hydrogen) atoms. The van der Waals surface area contributed by atoms with E-state index in [1.54, 1.807) is 7.11 Å². The van der Waals surface area contributed by atoms with E-state index in [0.29, 0.717) is 0 Å². The lowest BCUT2D eigenvalue weighted by atomic mass is 9.80. The number of nitrogens with one attached hydrogen (secondary N) is 1. The van der Waals surface area contributed by atoms with Gasteiger partial charge in [0, 0.05) is 24.1 Å². The summed E-state index contributed by atoms with van der Waals surface area (Å²) in [6.07, 6.45) is 2.16. The second kappa shape index (κ2) is 4.13. The van der Waals surface area contributed by atoms with E-state index in [9.17, 15) is 0 Å². The van der Waals surface area contributed by atoms with Crippen LogP contribution in [0.1, 0.15) is 37.6 Å². The molecule has 1 atom stereocenters. The van der Waals surface area contributed by atoms with Crippen molar-refractivity contribution in [3.8, 4) is 0 Å². The molecule has 2 rings (SSSR count). The van der Waals surface area contributed by atoms with Crippen molar-refractivity contribution >= 4 is 11.3 Å². The molecule has 0 spiro atoms. The third-order valence-electron chi connectivity index (χ3n) is 3.54. The van der Waals surface area contributed by atoms with Crippen molar-refractivity contribution in [3.63, 3.8) is 0 Å². The summed E-state index contributed by atoms with van der Waals surface area (Å²) in [6.45, 7) is 7.67. The summed E-state index contributed by atoms with van der Waals surface area (Å²) in [7, 11) is 1.79. The fourth-order valence-electron chi connectivity index (χ4n) is 2.65. The van der Waals surface area contributed by atoms with Crippen LogP contribution in [0.5, 0.6) is 0 Å². The maximum absolute atomic E-state index is 5.56. The van der Waals surface area contributed by atoms with Gasteiger partial charge in [0.2, 0.25) is 0 Å². The van der Waals surface area contributed by atoms with Crippen molar-refractivity contribution in [1.29, 1.82) is 0 Å². The minimum atomic E-state index is -0.0850. The number of rotatable bonds is 3. The fourth-order valence-corrected chi connectivity index (χ4v) is 3.66. The lowest BCUT2D eigenvalue weighted by Gasteiger charge is -2.40. The Labute approximate surface area is 102 Å². The molecule has 1 aliphatic rings. The molecule has 0 fully saturated rings. The molecule has 0 radical (unpaired) electrons. The Morgan fingerprint density at radius 1 is 1.56 bits per heavy atom. The predicted molar refractivity (Wildman–Crippen MR) is 69.1 cm³/mol. The molecule has 1 aromatic heterocycles. The van der Waals surface area contributed by atoms with Crippen LogP contribution in [0.3, 0.4) is 0 Å². The van der Waals surface area contributed by atoms with Gasteiger partial charge in [-0.1, -0.05) is 0 Å². The molecule has 1 unspecified atom stereocenters. The van der Waals surface area contributed by atoms with Crippen molar-refractivity contribution in [2.24, 2.45) is 0 Å². The van der Waals surface area contributed by atoms with Gasteiger partial charge in [-0.15, -0.1) is 11.3 Å². The quantitative estimate of drug-likeness (QED) is 0.875. The van der Waals surface area contributed by atoms with Crippen molar-refractivity contribution in [3.05, 3.63) is 21.9 Å². The molecule has 0 saturated carbocycles.